The third-order valence-corrected chi connectivity index (χ3v) is 5.49. The lowest BCUT2D eigenvalue weighted by Crippen LogP contribution is -2.29. The largest absolute Gasteiger partial charge is 0.375 e. The lowest BCUT2D eigenvalue weighted by atomic mass is 10.3. The maximum Gasteiger partial charge on any atom is 0.230 e. The lowest BCUT2D eigenvalue weighted by Gasteiger charge is -2.19. The van der Waals surface area contributed by atoms with Gasteiger partial charge in [0.05, 0.1) is 5.75 Å². The predicted molar refractivity (Wildman–Crippen MR) is 106 cm³/mol. The molecule has 6 nitrogen and oxygen atoms in total. The van der Waals surface area contributed by atoms with Crippen LogP contribution in [0.5, 0.6) is 0 Å². The predicted octanol–water partition coefficient (Wildman–Crippen LogP) is 2.91. The standard InChI is InChI=1S/C19H27N5OS/c1-3-24-18(15-10-11-15)21-22-19(24)26-14-17(25)20-12-7-13-23(2)16-8-5-4-6-9-16/h4-6,8-9,15H,3,7,10-14H2,1-2H3,(H,20,25). The first-order valence-corrected chi connectivity index (χ1v) is 10.3. The van der Waals surface area contributed by atoms with E-state index in [1.807, 2.05) is 18.2 Å². The molecular weight excluding hydrogens is 346 g/mol. The molecule has 140 valence electrons. The number of amides is 1. The fraction of sp³-hybridized carbons (Fsp3) is 0.526. The van der Waals surface area contributed by atoms with Crippen molar-refractivity contribution in [2.24, 2.45) is 0 Å². The molecule has 1 aromatic heterocycles. The van der Waals surface area contributed by atoms with Crippen LogP contribution in [0, 0.1) is 0 Å². The van der Waals surface area contributed by atoms with Gasteiger partial charge in [-0.3, -0.25) is 4.79 Å². The zero-order valence-corrected chi connectivity index (χ0v) is 16.3. The Hall–Kier alpha value is -2.02. The summed E-state index contributed by atoms with van der Waals surface area (Å²) in [6.07, 6.45) is 3.33. The second-order valence-corrected chi connectivity index (χ2v) is 7.55. The molecule has 1 N–H and O–H groups in total. The third kappa shape index (κ3) is 5.00. The Balaban J connectivity index is 1.36. The number of anilines is 1. The Morgan fingerprint density at radius 1 is 1.31 bits per heavy atom. The summed E-state index contributed by atoms with van der Waals surface area (Å²) >= 11 is 1.47. The van der Waals surface area contributed by atoms with Crippen LogP contribution < -0.4 is 10.2 Å². The van der Waals surface area contributed by atoms with Crippen LogP contribution in [-0.4, -0.2) is 46.6 Å². The van der Waals surface area contributed by atoms with E-state index in [0.717, 1.165) is 30.5 Å². The first-order valence-electron chi connectivity index (χ1n) is 9.27. The Morgan fingerprint density at radius 2 is 2.08 bits per heavy atom. The summed E-state index contributed by atoms with van der Waals surface area (Å²) in [6, 6.07) is 10.3. The normalized spacial score (nSPS) is 13.6. The molecule has 1 aliphatic rings. The second kappa shape index (κ2) is 9.07. The van der Waals surface area contributed by atoms with Crippen LogP contribution in [0.2, 0.25) is 0 Å². The monoisotopic (exact) mass is 373 g/mol. The Labute approximate surface area is 159 Å². The van der Waals surface area contributed by atoms with Gasteiger partial charge in [-0.15, -0.1) is 10.2 Å². The number of thioether (sulfide) groups is 1. The zero-order chi connectivity index (χ0) is 18.4. The minimum atomic E-state index is 0.0518. The molecule has 3 rings (SSSR count). The van der Waals surface area contributed by atoms with Crippen LogP contribution in [0.3, 0.4) is 0 Å². The summed E-state index contributed by atoms with van der Waals surface area (Å²) in [5, 5.41) is 12.4. The molecule has 1 fully saturated rings. The van der Waals surface area contributed by atoms with Crippen molar-refractivity contribution in [2.75, 3.05) is 30.8 Å². The molecule has 0 bridgehead atoms. The second-order valence-electron chi connectivity index (χ2n) is 6.61. The minimum Gasteiger partial charge on any atom is -0.375 e. The Morgan fingerprint density at radius 3 is 2.77 bits per heavy atom. The number of rotatable bonds is 10. The number of nitrogens with zero attached hydrogens (tertiary/aromatic N) is 4. The summed E-state index contributed by atoms with van der Waals surface area (Å²) in [5.74, 6) is 2.10. The quantitative estimate of drug-likeness (QED) is 0.512. The summed E-state index contributed by atoms with van der Waals surface area (Å²) in [4.78, 5) is 14.3. The smallest absolute Gasteiger partial charge is 0.230 e. The molecule has 0 spiro atoms. The SMILES string of the molecule is CCn1c(SCC(=O)NCCCN(C)c2ccccc2)nnc1C1CC1. The maximum absolute atomic E-state index is 12.1. The summed E-state index contributed by atoms with van der Waals surface area (Å²) in [5.41, 5.74) is 1.19. The van der Waals surface area contributed by atoms with Crippen molar-refractivity contribution in [2.45, 2.75) is 43.8 Å². The van der Waals surface area contributed by atoms with Crippen molar-refractivity contribution in [3.63, 3.8) is 0 Å². The molecule has 1 saturated carbocycles. The lowest BCUT2D eigenvalue weighted by molar-refractivity contribution is -0.118. The number of hydrogen-bond acceptors (Lipinski definition) is 5. The van der Waals surface area contributed by atoms with E-state index >= 15 is 0 Å². The molecular formula is C19H27N5OS. The number of benzene rings is 1. The van der Waals surface area contributed by atoms with Gasteiger partial charge in [-0.05, 0) is 38.3 Å². The van der Waals surface area contributed by atoms with Gasteiger partial charge in [-0.2, -0.15) is 0 Å². The Kier molecular flexibility index (Phi) is 6.55. The van der Waals surface area contributed by atoms with E-state index in [-0.39, 0.29) is 5.91 Å². The fourth-order valence-corrected chi connectivity index (χ4v) is 3.72. The summed E-state index contributed by atoms with van der Waals surface area (Å²) in [7, 11) is 2.07. The van der Waals surface area contributed by atoms with Crippen LogP contribution >= 0.6 is 11.8 Å². The van der Waals surface area contributed by atoms with Gasteiger partial charge in [-0.25, -0.2) is 0 Å². The molecule has 0 radical (unpaired) electrons. The summed E-state index contributed by atoms with van der Waals surface area (Å²) < 4.78 is 2.14. The maximum atomic E-state index is 12.1. The highest BCUT2D eigenvalue weighted by Crippen LogP contribution is 2.39. The zero-order valence-electron chi connectivity index (χ0n) is 15.5. The van der Waals surface area contributed by atoms with E-state index in [9.17, 15) is 4.79 Å². The molecule has 0 aliphatic heterocycles. The van der Waals surface area contributed by atoms with Crippen molar-refractivity contribution in [3.05, 3.63) is 36.2 Å². The van der Waals surface area contributed by atoms with E-state index < -0.39 is 0 Å². The van der Waals surface area contributed by atoms with E-state index in [2.05, 4.69) is 51.1 Å². The van der Waals surface area contributed by atoms with Gasteiger partial charge in [0.2, 0.25) is 5.91 Å². The van der Waals surface area contributed by atoms with Crippen LogP contribution in [0.4, 0.5) is 5.69 Å². The van der Waals surface area contributed by atoms with Crippen LogP contribution in [0.15, 0.2) is 35.5 Å². The van der Waals surface area contributed by atoms with Gasteiger partial charge in [0.15, 0.2) is 5.16 Å². The molecule has 1 aromatic carbocycles. The van der Waals surface area contributed by atoms with E-state index in [4.69, 9.17) is 0 Å². The highest BCUT2D eigenvalue weighted by atomic mass is 32.2. The first-order chi connectivity index (χ1) is 12.7. The van der Waals surface area contributed by atoms with Crippen molar-refractivity contribution in [1.29, 1.82) is 0 Å². The van der Waals surface area contributed by atoms with E-state index in [1.165, 1.54) is 30.3 Å². The van der Waals surface area contributed by atoms with Crippen LogP contribution in [0.25, 0.3) is 0 Å². The molecule has 1 heterocycles. The minimum absolute atomic E-state index is 0.0518. The molecule has 0 saturated heterocycles. The van der Waals surface area contributed by atoms with Crippen molar-refractivity contribution in [3.8, 4) is 0 Å². The van der Waals surface area contributed by atoms with Crippen LogP contribution in [-0.2, 0) is 11.3 Å². The molecule has 0 unspecified atom stereocenters. The van der Waals surface area contributed by atoms with Gasteiger partial charge in [-0.1, -0.05) is 30.0 Å². The number of para-hydroxylation sites is 1. The highest BCUT2D eigenvalue weighted by Gasteiger charge is 2.30. The van der Waals surface area contributed by atoms with Crippen molar-refractivity contribution < 1.29 is 4.79 Å². The van der Waals surface area contributed by atoms with Gasteiger partial charge in [0, 0.05) is 38.3 Å². The third-order valence-electron chi connectivity index (χ3n) is 4.53. The fourth-order valence-electron chi connectivity index (χ4n) is 2.88. The molecule has 1 amide bonds. The molecule has 1 aliphatic carbocycles. The molecule has 0 atom stereocenters. The highest BCUT2D eigenvalue weighted by molar-refractivity contribution is 7.99. The number of nitrogens with one attached hydrogen (secondary N) is 1. The van der Waals surface area contributed by atoms with Gasteiger partial charge >= 0.3 is 0 Å². The first kappa shape index (κ1) is 18.8. The summed E-state index contributed by atoms with van der Waals surface area (Å²) in [6.45, 7) is 4.55. The van der Waals surface area contributed by atoms with Gasteiger partial charge in [0.1, 0.15) is 5.82 Å². The molecule has 7 heteroatoms. The van der Waals surface area contributed by atoms with Crippen molar-refractivity contribution >= 4 is 23.4 Å². The number of carbonyl (C=O) groups is 1. The van der Waals surface area contributed by atoms with Crippen LogP contribution in [0.1, 0.15) is 37.9 Å². The van der Waals surface area contributed by atoms with E-state index in [0.29, 0.717) is 18.2 Å². The average molecular weight is 374 g/mol. The topological polar surface area (TPSA) is 63.1 Å². The van der Waals surface area contributed by atoms with Gasteiger partial charge in [0.25, 0.3) is 0 Å². The Bertz CT molecular complexity index is 714. The van der Waals surface area contributed by atoms with Gasteiger partial charge < -0.3 is 14.8 Å². The molecule has 2 aromatic rings. The number of carbonyl (C=O) groups excluding carboxylic acids is 1. The van der Waals surface area contributed by atoms with Crippen molar-refractivity contribution in [1.82, 2.24) is 20.1 Å². The average Bonchev–Trinajstić information content (AvgIpc) is 3.43. The number of hydrogen-bond donors (Lipinski definition) is 1. The van der Waals surface area contributed by atoms with E-state index in [1.54, 1.807) is 0 Å². The molecule has 26 heavy (non-hydrogen) atoms. The number of aromatic nitrogens is 3.